The van der Waals surface area contributed by atoms with Gasteiger partial charge in [-0.1, -0.05) is 11.6 Å². The lowest BCUT2D eigenvalue weighted by atomic mass is 10.2. The number of nitriles is 1. The summed E-state index contributed by atoms with van der Waals surface area (Å²) in [6.07, 6.45) is 3.54. The fourth-order valence-electron chi connectivity index (χ4n) is 1.32. The van der Waals surface area contributed by atoms with Crippen LogP contribution in [0.3, 0.4) is 0 Å². The van der Waals surface area contributed by atoms with Crippen molar-refractivity contribution in [3.63, 3.8) is 0 Å². The molecule has 1 aliphatic heterocycles. The van der Waals surface area contributed by atoms with Gasteiger partial charge in [0.25, 0.3) is 0 Å². The Bertz CT molecular complexity index is 462. The number of hydrogen-bond acceptors (Lipinski definition) is 5. The lowest BCUT2D eigenvalue weighted by molar-refractivity contribution is 0.886. The van der Waals surface area contributed by atoms with E-state index in [-0.39, 0.29) is 0 Å². The highest BCUT2D eigenvalue weighted by atomic mass is 35.5. The molecule has 76 valence electrons. The van der Waals surface area contributed by atoms with Crippen LogP contribution in [0.1, 0.15) is 5.56 Å². The van der Waals surface area contributed by atoms with Gasteiger partial charge in [-0.15, -0.1) is 0 Å². The molecule has 0 saturated carbocycles. The molecule has 0 atom stereocenters. The van der Waals surface area contributed by atoms with Gasteiger partial charge in [-0.3, -0.25) is 0 Å². The predicted octanol–water partition coefficient (Wildman–Crippen LogP) is 1.03. The average molecular weight is 222 g/mol. The number of anilines is 2. The number of pyridine rings is 1. The van der Waals surface area contributed by atoms with Crippen LogP contribution in [0.2, 0.25) is 5.02 Å². The molecule has 0 bridgehead atoms. The van der Waals surface area contributed by atoms with Gasteiger partial charge in [0.05, 0.1) is 11.7 Å². The zero-order valence-corrected chi connectivity index (χ0v) is 8.49. The van der Waals surface area contributed by atoms with E-state index < -0.39 is 0 Å². The van der Waals surface area contributed by atoms with Gasteiger partial charge in [-0.05, 0) is 0 Å². The molecular weight excluding hydrogens is 214 g/mol. The maximum Gasteiger partial charge on any atom is 0.156 e. The van der Waals surface area contributed by atoms with Gasteiger partial charge < -0.3 is 16.0 Å². The summed E-state index contributed by atoms with van der Waals surface area (Å²) in [5, 5.41) is 12.3. The van der Waals surface area contributed by atoms with E-state index in [4.69, 9.17) is 22.6 Å². The van der Waals surface area contributed by atoms with Gasteiger partial charge in [0.15, 0.2) is 5.82 Å². The Labute approximate surface area is 91.8 Å². The summed E-state index contributed by atoms with van der Waals surface area (Å²) in [4.78, 5) is 5.86. The van der Waals surface area contributed by atoms with Crippen LogP contribution in [0.15, 0.2) is 18.5 Å². The maximum atomic E-state index is 8.96. The fraction of sp³-hybridized carbons (Fsp3) is 0.111. The van der Waals surface area contributed by atoms with Crippen LogP contribution >= 0.6 is 11.6 Å². The van der Waals surface area contributed by atoms with Crippen molar-refractivity contribution in [1.29, 1.82) is 5.26 Å². The molecule has 0 saturated heterocycles. The molecule has 3 N–H and O–H groups in total. The van der Waals surface area contributed by atoms with Crippen molar-refractivity contribution in [2.45, 2.75) is 0 Å². The SMILES string of the molecule is N#Cc1c(Cl)cc(N)nc1N1C=CNC1. The van der Waals surface area contributed by atoms with E-state index in [1.54, 1.807) is 17.3 Å². The lowest BCUT2D eigenvalue weighted by Crippen LogP contribution is -2.22. The van der Waals surface area contributed by atoms with E-state index in [0.717, 1.165) is 0 Å². The molecule has 0 amide bonds. The smallest absolute Gasteiger partial charge is 0.156 e. The minimum Gasteiger partial charge on any atom is -0.384 e. The summed E-state index contributed by atoms with van der Waals surface area (Å²) in [5.74, 6) is 0.776. The summed E-state index contributed by atoms with van der Waals surface area (Å²) in [5.41, 5.74) is 5.91. The van der Waals surface area contributed by atoms with Crippen molar-refractivity contribution in [3.05, 3.63) is 29.1 Å². The van der Waals surface area contributed by atoms with Crippen LogP contribution in [0.4, 0.5) is 11.6 Å². The second kappa shape index (κ2) is 3.67. The molecule has 0 aliphatic carbocycles. The number of nitrogens with two attached hydrogens (primary N) is 1. The minimum absolute atomic E-state index is 0.300. The molecule has 6 heteroatoms. The summed E-state index contributed by atoms with van der Waals surface area (Å²) >= 11 is 5.90. The van der Waals surface area contributed by atoms with Crippen molar-refractivity contribution >= 4 is 23.2 Å². The Hall–Kier alpha value is -1.93. The Morgan fingerprint density at radius 1 is 1.67 bits per heavy atom. The second-order valence-corrected chi connectivity index (χ2v) is 3.39. The number of halogens is 1. The van der Waals surface area contributed by atoms with Gasteiger partial charge in [0, 0.05) is 18.5 Å². The van der Waals surface area contributed by atoms with E-state index in [1.165, 1.54) is 6.07 Å². The molecule has 2 heterocycles. The van der Waals surface area contributed by atoms with Crippen LogP contribution in [0, 0.1) is 11.3 Å². The minimum atomic E-state index is 0.300. The molecule has 1 aliphatic rings. The maximum absolute atomic E-state index is 8.96. The highest BCUT2D eigenvalue weighted by Crippen LogP contribution is 2.27. The summed E-state index contributed by atoms with van der Waals surface area (Å²) in [6, 6.07) is 3.48. The van der Waals surface area contributed by atoms with Gasteiger partial charge >= 0.3 is 0 Å². The molecule has 1 aromatic heterocycles. The van der Waals surface area contributed by atoms with E-state index in [2.05, 4.69) is 10.3 Å². The lowest BCUT2D eigenvalue weighted by Gasteiger charge is -2.16. The van der Waals surface area contributed by atoms with Crippen molar-refractivity contribution in [1.82, 2.24) is 10.3 Å². The molecule has 0 fully saturated rings. The normalized spacial score (nSPS) is 13.7. The van der Waals surface area contributed by atoms with Crippen LogP contribution in [0.25, 0.3) is 0 Å². The van der Waals surface area contributed by atoms with E-state index in [1.807, 2.05) is 6.07 Å². The number of nitrogens with one attached hydrogen (secondary N) is 1. The molecule has 5 nitrogen and oxygen atoms in total. The topological polar surface area (TPSA) is 78.0 Å². The monoisotopic (exact) mass is 221 g/mol. The van der Waals surface area contributed by atoms with Crippen LogP contribution in [-0.2, 0) is 0 Å². The Morgan fingerprint density at radius 2 is 2.47 bits per heavy atom. The van der Waals surface area contributed by atoms with Gasteiger partial charge in [0.2, 0.25) is 0 Å². The van der Waals surface area contributed by atoms with Gasteiger partial charge in [-0.2, -0.15) is 5.26 Å². The first kappa shape index (κ1) is 9.62. The first-order valence-corrected chi connectivity index (χ1v) is 4.63. The zero-order chi connectivity index (χ0) is 10.8. The highest BCUT2D eigenvalue weighted by Gasteiger charge is 2.16. The predicted molar refractivity (Wildman–Crippen MR) is 58.0 cm³/mol. The van der Waals surface area contributed by atoms with Gasteiger partial charge in [-0.25, -0.2) is 4.98 Å². The van der Waals surface area contributed by atoms with Crippen molar-refractivity contribution in [2.75, 3.05) is 17.3 Å². The number of nitrogen functional groups attached to an aromatic ring is 1. The molecule has 15 heavy (non-hydrogen) atoms. The number of rotatable bonds is 1. The first-order chi connectivity index (χ1) is 7.22. The standard InChI is InChI=1S/C9H8ClN5/c10-7-3-8(12)14-9(6(7)4-11)15-2-1-13-5-15/h1-3,13H,5H2,(H2,12,14). The van der Waals surface area contributed by atoms with E-state index in [9.17, 15) is 0 Å². The zero-order valence-electron chi connectivity index (χ0n) is 7.74. The molecule has 0 radical (unpaired) electrons. The third-order valence-corrected chi connectivity index (χ3v) is 2.29. The summed E-state index contributed by atoms with van der Waals surface area (Å²) in [7, 11) is 0. The fourth-order valence-corrected chi connectivity index (χ4v) is 1.56. The van der Waals surface area contributed by atoms with Crippen molar-refractivity contribution < 1.29 is 0 Å². The number of hydrogen-bond donors (Lipinski definition) is 2. The molecule has 0 unspecified atom stereocenters. The molecule has 1 aromatic rings. The Kier molecular flexibility index (Phi) is 2.35. The molecular formula is C9H8ClN5. The number of nitrogens with zero attached hydrogens (tertiary/aromatic N) is 3. The second-order valence-electron chi connectivity index (χ2n) is 2.99. The third-order valence-electron chi connectivity index (χ3n) is 1.99. The van der Waals surface area contributed by atoms with Gasteiger partial charge in [0.1, 0.15) is 17.5 Å². The highest BCUT2D eigenvalue weighted by molar-refractivity contribution is 6.32. The van der Waals surface area contributed by atoms with Crippen molar-refractivity contribution in [2.24, 2.45) is 0 Å². The Morgan fingerprint density at radius 3 is 3.07 bits per heavy atom. The molecule has 0 aromatic carbocycles. The van der Waals surface area contributed by atoms with Crippen LogP contribution in [-0.4, -0.2) is 11.7 Å². The number of aromatic nitrogens is 1. The van der Waals surface area contributed by atoms with E-state index >= 15 is 0 Å². The van der Waals surface area contributed by atoms with Crippen molar-refractivity contribution in [3.8, 4) is 6.07 Å². The molecule has 0 spiro atoms. The molecule has 2 rings (SSSR count). The summed E-state index contributed by atoms with van der Waals surface area (Å²) in [6.45, 7) is 0.557. The third kappa shape index (κ3) is 1.67. The quantitative estimate of drug-likeness (QED) is 0.741. The van der Waals surface area contributed by atoms with Crippen LogP contribution in [0.5, 0.6) is 0 Å². The van der Waals surface area contributed by atoms with E-state index in [0.29, 0.717) is 28.9 Å². The average Bonchev–Trinajstić information content (AvgIpc) is 2.69. The van der Waals surface area contributed by atoms with Crippen LogP contribution < -0.4 is 16.0 Å². The largest absolute Gasteiger partial charge is 0.384 e. The summed E-state index contributed by atoms with van der Waals surface area (Å²) < 4.78 is 0. The first-order valence-electron chi connectivity index (χ1n) is 4.25. The Balaban J connectivity index is 2.54.